The monoisotopic (exact) mass is 209 g/mol. The van der Waals surface area contributed by atoms with Crippen molar-refractivity contribution >= 4 is 11.6 Å². The summed E-state index contributed by atoms with van der Waals surface area (Å²) in [6.45, 7) is 0. The largest absolute Gasteiger partial charge is 0.479 e. The van der Waals surface area contributed by atoms with E-state index in [2.05, 4.69) is 4.98 Å². The maximum atomic E-state index is 5.76. The Bertz CT molecular complexity index is 422. The molecule has 1 heterocycles. The first-order chi connectivity index (χ1) is 6.79. The van der Waals surface area contributed by atoms with Gasteiger partial charge in [0.2, 0.25) is 5.89 Å². The zero-order valence-electron chi connectivity index (χ0n) is 7.53. The van der Waals surface area contributed by atoms with Gasteiger partial charge in [0, 0.05) is 10.6 Å². The molecule has 1 aromatic heterocycles. The molecule has 0 aliphatic rings. The molecule has 0 aliphatic carbocycles. The second-order valence-corrected chi connectivity index (χ2v) is 3.14. The first kappa shape index (κ1) is 9.09. The average molecular weight is 210 g/mol. The van der Waals surface area contributed by atoms with Crippen molar-refractivity contribution in [2.24, 2.45) is 0 Å². The molecule has 0 amide bonds. The quantitative estimate of drug-likeness (QED) is 0.763. The van der Waals surface area contributed by atoms with E-state index in [0.29, 0.717) is 16.8 Å². The molecule has 1 aromatic carbocycles. The first-order valence-corrected chi connectivity index (χ1v) is 4.43. The standard InChI is InChI=1S/C10H8ClNO2/c1-13-9-6-14-10(12-9)7-2-4-8(11)5-3-7/h2-6H,1H3. The molecule has 0 aliphatic heterocycles. The van der Waals surface area contributed by atoms with Gasteiger partial charge in [-0.15, -0.1) is 0 Å². The molecule has 0 spiro atoms. The summed E-state index contributed by atoms with van der Waals surface area (Å²) in [7, 11) is 1.55. The van der Waals surface area contributed by atoms with Crippen molar-refractivity contribution in [3.05, 3.63) is 35.6 Å². The van der Waals surface area contributed by atoms with Gasteiger partial charge in [0.1, 0.15) is 0 Å². The molecular formula is C10H8ClNO2. The molecule has 0 N–H and O–H groups in total. The minimum Gasteiger partial charge on any atom is -0.479 e. The second kappa shape index (κ2) is 3.72. The minimum atomic E-state index is 0.468. The molecule has 4 heteroatoms. The highest BCUT2D eigenvalue weighted by molar-refractivity contribution is 6.30. The molecule has 72 valence electrons. The van der Waals surface area contributed by atoms with Crippen LogP contribution in [0.2, 0.25) is 5.02 Å². The van der Waals surface area contributed by atoms with Crippen molar-refractivity contribution in [1.29, 1.82) is 0 Å². The van der Waals surface area contributed by atoms with Crippen LogP contribution in [0.3, 0.4) is 0 Å². The minimum absolute atomic E-state index is 0.468. The van der Waals surface area contributed by atoms with Crippen LogP contribution < -0.4 is 4.74 Å². The first-order valence-electron chi connectivity index (χ1n) is 4.05. The number of halogens is 1. The molecule has 0 unspecified atom stereocenters. The third-order valence-corrected chi connectivity index (χ3v) is 2.04. The Hall–Kier alpha value is -1.48. The molecule has 0 atom stereocenters. The Labute approximate surface area is 86.3 Å². The number of hydrogen-bond donors (Lipinski definition) is 0. The molecule has 0 saturated heterocycles. The highest BCUT2D eigenvalue weighted by atomic mass is 35.5. The van der Waals surface area contributed by atoms with Crippen LogP contribution in [-0.2, 0) is 0 Å². The van der Waals surface area contributed by atoms with Gasteiger partial charge in [-0.25, -0.2) is 0 Å². The Morgan fingerprint density at radius 1 is 1.29 bits per heavy atom. The van der Waals surface area contributed by atoms with Crippen LogP contribution in [0.25, 0.3) is 11.5 Å². The van der Waals surface area contributed by atoms with Crippen LogP contribution in [0.5, 0.6) is 5.88 Å². The van der Waals surface area contributed by atoms with Crippen molar-refractivity contribution in [1.82, 2.24) is 4.98 Å². The Morgan fingerprint density at radius 3 is 2.57 bits per heavy atom. The summed E-state index contributed by atoms with van der Waals surface area (Å²) in [5.41, 5.74) is 0.873. The highest BCUT2D eigenvalue weighted by Gasteiger charge is 2.05. The number of oxazole rings is 1. The van der Waals surface area contributed by atoms with Gasteiger partial charge in [0.15, 0.2) is 6.26 Å². The SMILES string of the molecule is COc1coc(-c2ccc(Cl)cc2)n1. The molecule has 0 fully saturated rings. The predicted molar refractivity (Wildman–Crippen MR) is 53.5 cm³/mol. The van der Waals surface area contributed by atoms with E-state index in [9.17, 15) is 0 Å². The van der Waals surface area contributed by atoms with Gasteiger partial charge in [0.05, 0.1) is 7.11 Å². The van der Waals surface area contributed by atoms with Crippen LogP contribution in [0.1, 0.15) is 0 Å². The van der Waals surface area contributed by atoms with Gasteiger partial charge in [-0.2, -0.15) is 4.98 Å². The fourth-order valence-electron chi connectivity index (χ4n) is 1.08. The van der Waals surface area contributed by atoms with Gasteiger partial charge in [-0.05, 0) is 24.3 Å². The van der Waals surface area contributed by atoms with Crippen LogP contribution >= 0.6 is 11.6 Å². The zero-order valence-corrected chi connectivity index (χ0v) is 8.28. The van der Waals surface area contributed by atoms with Crippen molar-refractivity contribution < 1.29 is 9.15 Å². The van der Waals surface area contributed by atoms with Crippen LogP contribution in [0.15, 0.2) is 34.9 Å². The number of aromatic nitrogens is 1. The smallest absolute Gasteiger partial charge is 0.252 e. The summed E-state index contributed by atoms with van der Waals surface area (Å²) >= 11 is 5.76. The molecule has 0 saturated carbocycles. The Morgan fingerprint density at radius 2 is 2.00 bits per heavy atom. The van der Waals surface area contributed by atoms with E-state index in [1.807, 2.05) is 12.1 Å². The van der Waals surface area contributed by atoms with Crippen molar-refractivity contribution in [3.63, 3.8) is 0 Å². The van der Waals surface area contributed by atoms with E-state index < -0.39 is 0 Å². The van der Waals surface area contributed by atoms with Crippen LogP contribution in [0.4, 0.5) is 0 Å². The lowest BCUT2D eigenvalue weighted by atomic mass is 10.2. The summed E-state index contributed by atoms with van der Waals surface area (Å²) in [6.07, 6.45) is 1.46. The topological polar surface area (TPSA) is 35.3 Å². The summed E-state index contributed by atoms with van der Waals surface area (Å²) in [5, 5.41) is 0.687. The van der Waals surface area contributed by atoms with Crippen molar-refractivity contribution in [3.8, 4) is 17.3 Å². The van der Waals surface area contributed by atoms with Crippen LogP contribution in [-0.4, -0.2) is 12.1 Å². The molecule has 2 rings (SSSR count). The molecule has 0 radical (unpaired) electrons. The highest BCUT2D eigenvalue weighted by Crippen LogP contribution is 2.22. The summed E-state index contributed by atoms with van der Waals surface area (Å²) in [5.74, 6) is 0.994. The Kier molecular flexibility index (Phi) is 2.41. The molecule has 14 heavy (non-hydrogen) atoms. The number of nitrogens with zero attached hydrogens (tertiary/aromatic N) is 1. The van der Waals surface area contributed by atoms with E-state index in [-0.39, 0.29) is 0 Å². The predicted octanol–water partition coefficient (Wildman–Crippen LogP) is 3.00. The second-order valence-electron chi connectivity index (χ2n) is 2.70. The maximum absolute atomic E-state index is 5.76. The summed E-state index contributed by atoms with van der Waals surface area (Å²) in [6, 6.07) is 7.25. The number of hydrogen-bond acceptors (Lipinski definition) is 3. The van der Waals surface area contributed by atoms with E-state index >= 15 is 0 Å². The third kappa shape index (κ3) is 1.72. The van der Waals surface area contributed by atoms with E-state index in [1.165, 1.54) is 6.26 Å². The normalized spacial score (nSPS) is 10.1. The lowest BCUT2D eigenvalue weighted by molar-refractivity contribution is 0.395. The number of benzene rings is 1. The van der Waals surface area contributed by atoms with Crippen molar-refractivity contribution in [2.75, 3.05) is 7.11 Å². The molecular weight excluding hydrogens is 202 g/mol. The zero-order chi connectivity index (χ0) is 9.97. The fraction of sp³-hybridized carbons (Fsp3) is 0.100. The maximum Gasteiger partial charge on any atom is 0.252 e. The lowest BCUT2D eigenvalue weighted by Crippen LogP contribution is -1.82. The number of methoxy groups -OCH3 is 1. The average Bonchev–Trinajstić information content (AvgIpc) is 2.67. The van der Waals surface area contributed by atoms with Gasteiger partial charge in [0.25, 0.3) is 5.88 Å². The van der Waals surface area contributed by atoms with Gasteiger partial charge < -0.3 is 9.15 Å². The third-order valence-electron chi connectivity index (χ3n) is 1.78. The number of ether oxygens (including phenoxy) is 1. The van der Waals surface area contributed by atoms with E-state index in [4.69, 9.17) is 20.8 Å². The number of rotatable bonds is 2. The van der Waals surface area contributed by atoms with Gasteiger partial charge in [-0.3, -0.25) is 0 Å². The van der Waals surface area contributed by atoms with E-state index in [1.54, 1.807) is 19.2 Å². The molecule has 0 bridgehead atoms. The van der Waals surface area contributed by atoms with Gasteiger partial charge >= 0.3 is 0 Å². The summed E-state index contributed by atoms with van der Waals surface area (Å²) in [4.78, 5) is 4.10. The summed E-state index contributed by atoms with van der Waals surface area (Å²) < 4.78 is 10.1. The lowest BCUT2D eigenvalue weighted by Gasteiger charge is -1.94. The molecule has 3 nitrogen and oxygen atoms in total. The van der Waals surface area contributed by atoms with Gasteiger partial charge in [-0.1, -0.05) is 11.6 Å². The van der Waals surface area contributed by atoms with E-state index in [0.717, 1.165) is 5.56 Å². The van der Waals surface area contributed by atoms with Crippen molar-refractivity contribution in [2.45, 2.75) is 0 Å². The molecule has 2 aromatic rings. The van der Waals surface area contributed by atoms with Crippen LogP contribution in [0, 0.1) is 0 Å². The Balaban J connectivity index is 2.34. The fourth-order valence-corrected chi connectivity index (χ4v) is 1.20.